The summed E-state index contributed by atoms with van der Waals surface area (Å²) in [5.41, 5.74) is 1.64. The van der Waals surface area contributed by atoms with Gasteiger partial charge in [0.15, 0.2) is 16.3 Å². The second-order valence-corrected chi connectivity index (χ2v) is 9.48. The molecule has 3 aromatic rings. The molecule has 0 radical (unpaired) electrons. The molecule has 1 aliphatic rings. The lowest BCUT2D eigenvalue weighted by Gasteiger charge is -2.36. The summed E-state index contributed by atoms with van der Waals surface area (Å²) in [4.78, 5) is 24.8. The summed E-state index contributed by atoms with van der Waals surface area (Å²) in [7, 11) is 0. The van der Waals surface area contributed by atoms with E-state index in [1.165, 1.54) is 24.2 Å². The van der Waals surface area contributed by atoms with Crippen LogP contribution in [0, 0.1) is 11.3 Å². The van der Waals surface area contributed by atoms with Gasteiger partial charge in [-0.15, -0.1) is 16.4 Å². The maximum Gasteiger partial charge on any atom is 0.277 e. The topological polar surface area (TPSA) is 75.9 Å². The van der Waals surface area contributed by atoms with Gasteiger partial charge >= 0.3 is 0 Å². The Balaban J connectivity index is 1.76. The maximum atomic E-state index is 12.8. The Morgan fingerprint density at radius 1 is 1.26 bits per heavy atom. The molecular formula is C20H27N5OS. The van der Waals surface area contributed by atoms with Gasteiger partial charge in [0.25, 0.3) is 5.56 Å². The van der Waals surface area contributed by atoms with Crippen LogP contribution in [0.1, 0.15) is 70.8 Å². The highest BCUT2D eigenvalue weighted by Crippen LogP contribution is 2.43. The molecule has 0 aliphatic heterocycles. The fourth-order valence-electron chi connectivity index (χ4n) is 4.26. The molecule has 0 amide bonds. The number of nitrogens with zero attached hydrogens (tertiary/aromatic N) is 4. The number of aromatic amines is 1. The number of rotatable bonds is 3. The number of H-pyrrole nitrogens is 1. The summed E-state index contributed by atoms with van der Waals surface area (Å²) in [6.45, 7) is 9.04. The van der Waals surface area contributed by atoms with Crippen LogP contribution in [-0.4, -0.2) is 24.6 Å². The first-order valence-electron chi connectivity index (χ1n) is 9.80. The monoisotopic (exact) mass is 385 g/mol. The van der Waals surface area contributed by atoms with Crippen molar-refractivity contribution in [2.24, 2.45) is 11.3 Å². The zero-order valence-corrected chi connectivity index (χ0v) is 17.3. The van der Waals surface area contributed by atoms with Crippen molar-refractivity contribution in [1.82, 2.24) is 24.6 Å². The predicted molar refractivity (Wildman–Crippen MR) is 108 cm³/mol. The van der Waals surface area contributed by atoms with Gasteiger partial charge in [-0.2, -0.15) is 0 Å². The van der Waals surface area contributed by atoms with Crippen molar-refractivity contribution in [3.8, 4) is 10.8 Å². The van der Waals surface area contributed by atoms with Crippen molar-refractivity contribution < 1.29 is 0 Å². The van der Waals surface area contributed by atoms with E-state index < -0.39 is 0 Å². The second kappa shape index (κ2) is 6.86. The predicted octanol–water partition coefficient (Wildman–Crippen LogP) is 4.42. The molecule has 1 aliphatic carbocycles. The molecule has 144 valence electrons. The first-order valence-corrected chi connectivity index (χ1v) is 10.7. The number of fused-ring (bicyclic) bond motifs is 1. The van der Waals surface area contributed by atoms with Gasteiger partial charge in [-0.3, -0.25) is 4.79 Å². The molecule has 4 rings (SSSR count). The number of thiazole rings is 1. The number of aryl methyl sites for hydroxylation is 1. The van der Waals surface area contributed by atoms with Gasteiger partial charge < -0.3 is 4.98 Å². The number of hydrogen-bond acceptors (Lipinski definition) is 5. The fraction of sp³-hybridized carbons (Fsp3) is 0.600. The Hall–Kier alpha value is -2.02. The molecule has 0 bridgehead atoms. The molecule has 0 unspecified atom stereocenters. The van der Waals surface area contributed by atoms with Crippen LogP contribution < -0.4 is 5.56 Å². The second-order valence-electron chi connectivity index (χ2n) is 8.59. The molecule has 0 aromatic carbocycles. The Bertz CT molecular complexity index is 988. The molecule has 3 aromatic heterocycles. The third-order valence-electron chi connectivity index (χ3n) is 5.89. The molecule has 1 fully saturated rings. The summed E-state index contributed by atoms with van der Waals surface area (Å²) >= 11 is 1.47. The lowest BCUT2D eigenvalue weighted by Crippen LogP contribution is -2.26. The molecule has 1 N–H and O–H groups in total. The maximum absolute atomic E-state index is 12.8. The van der Waals surface area contributed by atoms with E-state index in [9.17, 15) is 4.79 Å². The van der Waals surface area contributed by atoms with E-state index >= 15 is 0 Å². The third kappa shape index (κ3) is 3.33. The van der Waals surface area contributed by atoms with Crippen molar-refractivity contribution in [3.63, 3.8) is 0 Å². The molecule has 1 saturated carbocycles. The van der Waals surface area contributed by atoms with Gasteiger partial charge in [-0.1, -0.05) is 27.7 Å². The minimum Gasteiger partial charge on any atom is -0.301 e. The molecule has 0 spiro atoms. The van der Waals surface area contributed by atoms with Crippen LogP contribution in [0.2, 0.25) is 0 Å². The van der Waals surface area contributed by atoms with E-state index in [1.54, 1.807) is 10.7 Å². The molecule has 0 saturated heterocycles. The van der Waals surface area contributed by atoms with Gasteiger partial charge in [0.05, 0.1) is 5.69 Å². The zero-order valence-electron chi connectivity index (χ0n) is 16.5. The molecule has 0 atom stereocenters. The highest BCUT2D eigenvalue weighted by molar-refractivity contribution is 7.12. The van der Waals surface area contributed by atoms with E-state index in [0.29, 0.717) is 22.7 Å². The minimum absolute atomic E-state index is 0.130. The number of aromatic nitrogens is 5. The van der Waals surface area contributed by atoms with Crippen molar-refractivity contribution in [1.29, 1.82) is 0 Å². The van der Waals surface area contributed by atoms with Crippen LogP contribution in [0.15, 0.2) is 16.4 Å². The average Bonchev–Trinajstić information content (AvgIpc) is 3.29. The van der Waals surface area contributed by atoms with E-state index in [-0.39, 0.29) is 5.56 Å². The van der Waals surface area contributed by atoms with Crippen molar-refractivity contribution in [2.75, 3.05) is 0 Å². The average molecular weight is 386 g/mol. The van der Waals surface area contributed by atoms with E-state index in [1.807, 2.05) is 12.3 Å². The van der Waals surface area contributed by atoms with Gasteiger partial charge in [0.2, 0.25) is 0 Å². The Labute approximate surface area is 163 Å². The summed E-state index contributed by atoms with van der Waals surface area (Å²) in [6, 6.07) is 0. The molecule has 7 heteroatoms. The van der Waals surface area contributed by atoms with Crippen molar-refractivity contribution >= 4 is 16.9 Å². The summed E-state index contributed by atoms with van der Waals surface area (Å²) in [5.74, 6) is 2.56. The Morgan fingerprint density at radius 3 is 2.59 bits per heavy atom. The van der Waals surface area contributed by atoms with Crippen molar-refractivity contribution in [3.05, 3.63) is 33.4 Å². The first kappa shape index (κ1) is 18.3. The van der Waals surface area contributed by atoms with Crippen LogP contribution in [0.25, 0.3) is 16.3 Å². The first-order chi connectivity index (χ1) is 12.9. The van der Waals surface area contributed by atoms with Crippen LogP contribution in [-0.2, 0) is 6.42 Å². The van der Waals surface area contributed by atoms with Crippen molar-refractivity contribution in [2.45, 2.75) is 65.7 Å². The summed E-state index contributed by atoms with van der Waals surface area (Å²) < 4.78 is 1.80. The molecular weight excluding hydrogens is 358 g/mol. The molecule has 6 nitrogen and oxygen atoms in total. The largest absolute Gasteiger partial charge is 0.301 e. The normalized spacial score (nSPS) is 21.0. The van der Waals surface area contributed by atoms with Crippen LogP contribution in [0.3, 0.4) is 0 Å². The van der Waals surface area contributed by atoms with Crippen LogP contribution >= 0.6 is 11.3 Å². The van der Waals surface area contributed by atoms with Gasteiger partial charge in [0, 0.05) is 17.5 Å². The van der Waals surface area contributed by atoms with E-state index in [0.717, 1.165) is 41.7 Å². The van der Waals surface area contributed by atoms with E-state index in [4.69, 9.17) is 10.1 Å². The van der Waals surface area contributed by atoms with E-state index in [2.05, 4.69) is 30.7 Å². The Morgan fingerprint density at radius 2 is 2.00 bits per heavy atom. The summed E-state index contributed by atoms with van der Waals surface area (Å²) in [5, 5.41) is 7.35. The van der Waals surface area contributed by atoms with Crippen LogP contribution in [0.4, 0.5) is 0 Å². The lowest BCUT2D eigenvalue weighted by molar-refractivity contribution is 0.167. The third-order valence-corrected chi connectivity index (χ3v) is 6.67. The quantitative estimate of drug-likeness (QED) is 0.724. The molecule has 3 heterocycles. The Kier molecular flexibility index (Phi) is 4.66. The van der Waals surface area contributed by atoms with Gasteiger partial charge in [-0.25, -0.2) is 14.5 Å². The highest BCUT2D eigenvalue weighted by atomic mass is 32.1. The lowest BCUT2D eigenvalue weighted by atomic mass is 9.70. The van der Waals surface area contributed by atoms with Gasteiger partial charge in [-0.05, 0) is 43.4 Å². The fourth-order valence-corrected chi connectivity index (χ4v) is 4.84. The highest BCUT2D eigenvalue weighted by Gasteiger charge is 2.32. The number of nitrogens with one attached hydrogen (secondary N) is 1. The summed E-state index contributed by atoms with van der Waals surface area (Å²) in [6.07, 6.45) is 7.06. The minimum atomic E-state index is -0.130. The van der Waals surface area contributed by atoms with Crippen LogP contribution in [0.5, 0.6) is 0 Å². The number of hydrogen-bond donors (Lipinski definition) is 1. The zero-order chi connectivity index (χ0) is 19.2. The number of imidazole rings is 1. The standard InChI is InChI=1S/C20H27N5OS/c1-5-14-15-18(26)23-16(19-21-10-11-27-19)24-25(15)17(22-14)12-6-8-13(9-7-12)20(2,3)4/h10-13H,5-9H2,1-4H3,(H,23,24,26). The van der Waals surface area contributed by atoms with Gasteiger partial charge in [0.1, 0.15) is 5.82 Å². The SMILES string of the molecule is CCc1nc(C2CCC(C(C)(C)C)CC2)n2nc(-c3nccs3)[nH]c(=O)c12. The molecule has 27 heavy (non-hydrogen) atoms. The smallest absolute Gasteiger partial charge is 0.277 e.